The van der Waals surface area contributed by atoms with E-state index in [1.807, 2.05) is 14.0 Å². The Kier molecular flexibility index (Phi) is 4.55. The number of nitrogen functional groups attached to an aromatic ring is 1. The number of nitrogens with two attached hydrogens (primary N) is 1. The number of hydrogen-bond acceptors (Lipinski definition) is 6. The molecule has 0 aliphatic heterocycles. The molecule has 0 aromatic carbocycles. The Bertz CT molecular complexity index is 421. The Hall–Kier alpha value is -1.40. The van der Waals surface area contributed by atoms with Gasteiger partial charge in [-0.15, -0.1) is 0 Å². The molecule has 0 unspecified atom stereocenters. The average Bonchev–Trinajstić information content (AvgIpc) is 2.33. The first-order valence-corrected chi connectivity index (χ1v) is 6.68. The van der Waals surface area contributed by atoms with Crippen molar-refractivity contribution < 1.29 is 9.84 Å². The van der Waals surface area contributed by atoms with Crippen LogP contribution >= 0.6 is 0 Å². The third kappa shape index (κ3) is 3.78. The van der Waals surface area contributed by atoms with Crippen LogP contribution in [0.2, 0.25) is 0 Å². The number of nitrogens with zero attached hydrogens (tertiary/aromatic N) is 3. The molecule has 3 N–H and O–H groups in total. The van der Waals surface area contributed by atoms with Crippen LogP contribution in [-0.4, -0.2) is 41.4 Å². The Morgan fingerprint density at radius 2 is 2.21 bits per heavy atom. The molecule has 1 aliphatic carbocycles. The molecule has 1 heterocycles. The van der Waals surface area contributed by atoms with E-state index in [2.05, 4.69) is 14.9 Å². The molecule has 1 aromatic heterocycles. The molecule has 1 saturated carbocycles. The number of rotatable bonds is 6. The SMILES string of the molecule is CCOCc1nc(N)cc(N(C)CC2CC(O)C2)n1. The minimum Gasteiger partial charge on any atom is -0.393 e. The second-order valence-corrected chi connectivity index (χ2v) is 5.08. The second kappa shape index (κ2) is 6.16. The first kappa shape index (κ1) is 14.0. The van der Waals surface area contributed by atoms with E-state index < -0.39 is 0 Å². The molecule has 19 heavy (non-hydrogen) atoms. The summed E-state index contributed by atoms with van der Waals surface area (Å²) in [6.45, 7) is 3.82. The van der Waals surface area contributed by atoms with Crippen molar-refractivity contribution in [3.8, 4) is 0 Å². The van der Waals surface area contributed by atoms with E-state index in [-0.39, 0.29) is 6.10 Å². The highest BCUT2D eigenvalue weighted by Gasteiger charge is 2.28. The molecule has 1 fully saturated rings. The Balaban J connectivity index is 1.99. The summed E-state index contributed by atoms with van der Waals surface area (Å²) in [5.41, 5.74) is 5.79. The molecule has 2 rings (SSSR count). The highest BCUT2D eigenvalue weighted by atomic mass is 16.5. The van der Waals surface area contributed by atoms with Crippen molar-refractivity contribution in [3.63, 3.8) is 0 Å². The number of ether oxygens (including phenoxy) is 1. The van der Waals surface area contributed by atoms with Crippen LogP contribution in [0.5, 0.6) is 0 Å². The highest BCUT2D eigenvalue weighted by molar-refractivity contribution is 5.46. The van der Waals surface area contributed by atoms with Gasteiger partial charge in [-0.25, -0.2) is 9.97 Å². The van der Waals surface area contributed by atoms with Crippen LogP contribution in [-0.2, 0) is 11.3 Å². The maximum Gasteiger partial charge on any atom is 0.158 e. The van der Waals surface area contributed by atoms with Crippen molar-refractivity contribution in [1.29, 1.82) is 0 Å². The van der Waals surface area contributed by atoms with E-state index in [1.54, 1.807) is 6.07 Å². The third-order valence-electron chi connectivity index (χ3n) is 3.35. The molecule has 6 heteroatoms. The van der Waals surface area contributed by atoms with Gasteiger partial charge in [0.05, 0.1) is 6.10 Å². The molecular formula is C13H22N4O2. The van der Waals surface area contributed by atoms with Crippen LogP contribution in [0.25, 0.3) is 0 Å². The molecule has 0 radical (unpaired) electrons. The fourth-order valence-corrected chi connectivity index (χ4v) is 2.29. The normalized spacial score (nSPS) is 22.1. The van der Waals surface area contributed by atoms with Gasteiger partial charge in [0.2, 0.25) is 0 Å². The van der Waals surface area contributed by atoms with E-state index in [0.717, 1.165) is 25.2 Å². The topological polar surface area (TPSA) is 84.5 Å². The number of aromatic nitrogens is 2. The van der Waals surface area contributed by atoms with E-state index >= 15 is 0 Å². The molecule has 1 aromatic rings. The zero-order chi connectivity index (χ0) is 13.8. The van der Waals surface area contributed by atoms with Crippen LogP contribution in [0.4, 0.5) is 11.6 Å². The van der Waals surface area contributed by atoms with Gasteiger partial charge in [-0.05, 0) is 25.7 Å². The largest absolute Gasteiger partial charge is 0.393 e. The smallest absolute Gasteiger partial charge is 0.158 e. The Labute approximate surface area is 113 Å². The van der Waals surface area contributed by atoms with Crippen LogP contribution in [0.15, 0.2) is 6.07 Å². The maximum absolute atomic E-state index is 9.31. The number of aliphatic hydroxyl groups is 1. The average molecular weight is 266 g/mol. The summed E-state index contributed by atoms with van der Waals surface area (Å²) in [6.07, 6.45) is 1.62. The number of aliphatic hydroxyl groups excluding tert-OH is 1. The van der Waals surface area contributed by atoms with Crippen LogP contribution < -0.4 is 10.6 Å². The standard InChI is InChI=1S/C13H22N4O2/c1-3-19-8-12-15-11(14)6-13(16-12)17(2)7-9-4-10(18)5-9/h6,9-10,18H,3-5,7-8H2,1-2H3,(H2,14,15,16). The van der Waals surface area contributed by atoms with E-state index in [9.17, 15) is 5.11 Å². The van der Waals surface area contributed by atoms with Gasteiger partial charge in [-0.1, -0.05) is 0 Å². The minimum absolute atomic E-state index is 0.123. The van der Waals surface area contributed by atoms with Crippen molar-refractivity contribution >= 4 is 11.6 Å². The Morgan fingerprint density at radius 3 is 2.84 bits per heavy atom. The van der Waals surface area contributed by atoms with E-state index in [1.165, 1.54) is 0 Å². The first-order valence-electron chi connectivity index (χ1n) is 6.68. The summed E-state index contributed by atoms with van der Waals surface area (Å²) < 4.78 is 5.30. The van der Waals surface area contributed by atoms with Crippen LogP contribution in [0.3, 0.4) is 0 Å². The fourth-order valence-electron chi connectivity index (χ4n) is 2.29. The summed E-state index contributed by atoms with van der Waals surface area (Å²) >= 11 is 0. The van der Waals surface area contributed by atoms with Crippen molar-refractivity contribution in [2.75, 3.05) is 30.8 Å². The van der Waals surface area contributed by atoms with Gasteiger partial charge in [-0.2, -0.15) is 0 Å². The molecule has 106 valence electrons. The van der Waals surface area contributed by atoms with Crippen LogP contribution in [0, 0.1) is 5.92 Å². The highest BCUT2D eigenvalue weighted by Crippen LogP contribution is 2.28. The van der Waals surface area contributed by atoms with Crippen LogP contribution in [0.1, 0.15) is 25.6 Å². The summed E-state index contributed by atoms with van der Waals surface area (Å²) in [4.78, 5) is 10.7. The lowest BCUT2D eigenvalue weighted by Crippen LogP contribution is -2.37. The number of hydrogen-bond donors (Lipinski definition) is 2. The quantitative estimate of drug-likeness (QED) is 0.792. The van der Waals surface area contributed by atoms with E-state index in [0.29, 0.717) is 30.8 Å². The molecule has 0 spiro atoms. The molecule has 0 saturated heterocycles. The fraction of sp³-hybridized carbons (Fsp3) is 0.692. The van der Waals surface area contributed by atoms with Gasteiger partial charge in [-0.3, -0.25) is 0 Å². The van der Waals surface area contributed by atoms with Crippen molar-refractivity contribution in [1.82, 2.24) is 9.97 Å². The maximum atomic E-state index is 9.31. The molecule has 0 amide bonds. The number of anilines is 2. The molecule has 0 atom stereocenters. The van der Waals surface area contributed by atoms with Crippen molar-refractivity contribution in [2.24, 2.45) is 5.92 Å². The first-order chi connectivity index (χ1) is 9.08. The molecule has 0 bridgehead atoms. The monoisotopic (exact) mass is 266 g/mol. The summed E-state index contributed by atoms with van der Waals surface area (Å²) in [6, 6.07) is 1.77. The predicted molar refractivity (Wildman–Crippen MR) is 73.8 cm³/mol. The summed E-state index contributed by atoms with van der Waals surface area (Å²) in [5, 5.41) is 9.31. The van der Waals surface area contributed by atoms with Crippen molar-refractivity contribution in [3.05, 3.63) is 11.9 Å². The van der Waals surface area contributed by atoms with Gasteiger partial charge < -0.3 is 20.5 Å². The molecule has 6 nitrogen and oxygen atoms in total. The lowest BCUT2D eigenvalue weighted by atomic mass is 9.82. The van der Waals surface area contributed by atoms with Gasteiger partial charge >= 0.3 is 0 Å². The van der Waals surface area contributed by atoms with Gasteiger partial charge in [0.1, 0.15) is 18.2 Å². The van der Waals surface area contributed by atoms with Crippen molar-refractivity contribution in [2.45, 2.75) is 32.5 Å². The third-order valence-corrected chi connectivity index (χ3v) is 3.35. The predicted octanol–water partition coefficient (Wildman–Crippen LogP) is 0.802. The van der Waals surface area contributed by atoms with Gasteiger partial charge in [0, 0.05) is 26.3 Å². The van der Waals surface area contributed by atoms with Gasteiger partial charge in [0.25, 0.3) is 0 Å². The summed E-state index contributed by atoms with van der Waals surface area (Å²) in [7, 11) is 1.98. The molecular weight excluding hydrogens is 244 g/mol. The minimum atomic E-state index is -0.123. The lowest BCUT2D eigenvalue weighted by Gasteiger charge is -2.34. The van der Waals surface area contributed by atoms with Gasteiger partial charge in [0.15, 0.2) is 5.82 Å². The lowest BCUT2D eigenvalue weighted by molar-refractivity contribution is 0.0464. The zero-order valence-corrected chi connectivity index (χ0v) is 11.5. The molecule has 1 aliphatic rings. The Morgan fingerprint density at radius 1 is 1.47 bits per heavy atom. The zero-order valence-electron chi connectivity index (χ0n) is 11.5. The second-order valence-electron chi connectivity index (χ2n) is 5.08. The van der Waals surface area contributed by atoms with E-state index in [4.69, 9.17) is 10.5 Å². The summed E-state index contributed by atoms with van der Waals surface area (Å²) in [5.74, 6) is 2.41.